The van der Waals surface area contributed by atoms with Gasteiger partial charge in [-0.3, -0.25) is 19.7 Å². The number of benzene rings is 2. The maximum atomic E-state index is 12.4. The molecule has 8 heteroatoms. The van der Waals surface area contributed by atoms with Crippen LogP contribution in [-0.2, 0) is 0 Å². The number of ether oxygens (including phenoxy) is 1. The molecule has 2 aromatic carbocycles. The molecule has 1 saturated heterocycles. The van der Waals surface area contributed by atoms with Crippen molar-refractivity contribution in [1.82, 2.24) is 4.90 Å². The molecule has 1 fully saturated rings. The van der Waals surface area contributed by atoms with Crippen LogP contribution in [0, 0.1) is 10.1 Å². The average Bonchev–Trinajstić information content (AvgIpc) is 3.22. The SMILES string of the molecule is COc1ccc(C(=O)Nc2ccc(C(=O)N3CCCC3)cc2)cc1[N+](=O)[O-]. The molecule has 0 unspecified atom stereocenters. The summed E-state index contributed by atoms with van der Waals surface area (Å²) in [4.78, 5) is 37.0. The van der Waals surface area contributed by atoms with Crippen LogP contribution in [-0.4, -0.2) is 41.8 Å². The summed E-state index contributed by atoms with van der Waals surface area (Å²) < 4.78 is 4.93. The summed E-state index contributed by atoms with van der Waals surface area (Å²) in [6.45, 7) is 1.54. The van der Waals surface area contributed by atoms with Gasteiger partial charge in [-0.05, 0) is 49.2 Å². The van der Waals surface area contributed by atoms with Gasteiger partial charge < -0.3 is 15.0 Å². The van der Waals surface area contributed by atoms with Crippen LogP contribution in [0.5, 0.6) is 5.75 Å². The van der Waals surface area contributed by atoms with Gasteiger partial charge >= 0.3 is 5.69 Å². The van der Waals surface area contributed by atoms with Crippen LogP contribution in [0.1, 0.15) is 33.6 Å². The fraction of sp³-hybridized carbons (Fsp3) is 0.263. The van der Waals surface area contributed by atoms with Gasteiger partial charge in [0.25, 0.3) is 11.8 Å². The van der Waals surface area contributed by atoms with Gasteiger partial charge in [0.1, 0.15) is 0 Å². The molecule has 1 N–H and O–H groups in total. The van der Waals surface area contributed by atoms with Gasteiger partial charge in [0.15, 0.2) is 5.75 Å². The van der Waals surface area contributed by atoms with E-state index in [9.17, 15) is 19.7 Å². The Hall–Kier alpha value is -3.42. The molecule has 8 nitrogen and oxygen atoms in total. The van der Waals surface area contributed by atoms with Gasteiger partial charge in [-0.25, -0.2) is 0 Å². The highest BCUT2D eigenvalue weighted by molar-refractivity contribution is 6.05. The Morgan fingerprint density at radius 2 is 1.70 bits per heavy atom. The van der Waals surface area contributed by atoms with Crippen LogP contribution >= 0.6 is 0 Å². The van der Waals surface area contributed by atoms with E-state index in [0.717, 1.165) is 25.9 Å². The topological polar surface area (TPSA) is 102 Å². The van der Waals surface area contributed by atoms with E-state index in [1.807, 2.05) is 4.90 Å². The molecule has 0 aromatic heterocycles. The Kier molecular flexibility index (Phi) is 5.35. The maximum absolute atomic E-state index is 12.4. The van der Waals surface area contributed by atoms with Crippen molar-refractivity contribution < 1.29 is 19.2 Å². The number of carbonyl (C=O) groups is 2. The molecule has 1 heterocycles. The Balaban J connectivity index is 1.71. The highest BCUT2D eigenvalue weighted by atomic mass is 16.6. The Morgan fingerprint density at radius 3 is 2.30 bits per heavy atom. The minimum absolute atomic E-state index is 0.0174. The zero-order chi connectivity index (χ0) is 19.4. The summed E-state index contributed by atoms with van der Waals surface area (Å²) in [6.07, 6.45) is 2.04. The smallest absolute Gasteiger partial charge is 0.311 e. The number of nitro groups is 1. The Morgan fingerprint density at radius 1 is 1.07 bits per heavy atom. The van der Waals surface area contributed by atoms with Crippen molar-refractivity contribution in [3.8, 4) is 5.75 Å². The quantitative estimate of drug-likeness (QED) is 0.644. The van der Waals surface area contributed by atoms with Crippen LogP contribution in [0.3, 0.4) is 0 Å². The predicted molar refractivity (Wildman–Crippen MR) is 99.2 cm³/mol. The number of hydrogen-bond acceptors (Lipinski definition) is 5. The highest BCUT2D eigenvalue weighted by Crippen LogP contribution is 2.28. The average molecular weight is 369 g/mol. The van der Waals surface area contributed by atoms with E-state index < -0.39 is 10.8 Å². The number of rotatable bonds is 5. The summed E-state index contributed by atoms with van der Waals surface area (Å²) in [5, 5.41) is 13.8. The largest absolute Gasteiger partial charge is 0.490 e. The summed E-state index contributed by atoms with van der Waals surface area (Å²) in [5.74, 6) is -0.420. The number of hydrogen-bond donors (Lipinski definition) is 1. The molecule has 0 bridgehead atoms. The van der Waals surface area contributed by atoms with Gasteiger partial charge in [-0.2, -0.15) is 0 Å². The first-order valence-electron chi connectivity index (χ1n) is 8.52. The number of nitro benzene ring substituents is 1. The second kappa shape index (κ2) is 7.86. The van der Waals surface area contributed by atoms with Crippen molar-refractivity contribution in [3.05, 3.63) is 63.7 Å². The van der Waals surface area contributed by atoms with Crippen LogP contribution in [0.4, 0.5) is 11.4 Å². The summed E-state index contributed by atoms with van der Waals surface area (Å²) >= 11 is 0. The van der Waals surface area contributed by atoms with Gasteiger partial charge in [-0.1, -0.05) is 0 Å². The van der Waals surface area contributed by atoms with E-state index in [1.165, 1.54) is 25.3 Å². The van der Waals surface area contributed by atoms with Crippen molar-refractivity contribution in [2.45, 2.75) is 12.8 Å². The van der Waals surface area contributed by atoms with Crippen molar-refractivity contribution >= 4 is 23.2 Å². The molecule has 0 saturated carbocycles. The lowest BCUT2D eigenvalue weighted by Crippen LogP contribution is -2.27. The normalized spacial score (nSPS) is 13.3. The third kappa shape index (κ3) is 4.05. The van der Waals surface area contributed by atoms with Crippen LogP contribution in [0.15, 0.2) is 42.5 Å². The molecule has 0 atom stereocenters. The number of nitrogens with zero attached hydrogens (tertiary/aromatic N) is 2. The number of anilines is 1. The lowest BCUT2D eigenvalue weighted by molar-refractivity contribution is -0.385. The van der Waals surface area contributed by atoms with E-state index in [4.69, 9.17) is 4.74 Å². The number of methoxy groups -OCH3 is 1. The number of carbonyl (C=O) groups excluding carboxylic acids is 2. The molecule has 0 aliphatic carbocycles. The lowest BCUT2D eigenvalue weighted by atomic mass is 10.1. The van der Waals surface area contributed by atoms with Crippen LogP contribution in [0.25, 0.3) is 0 Å². The fourth-order valence-electron chi connectivity index (χ4n) is 2.98. The first kappa shape index (κ1) is 18.4. The number of amides is 2. The van der Waals surface area contributed by atoms with Crippen LogP contribution in [0.2, 0.25) is 0 Å². The molecule has 1 aliphatic rings. The summed E-state index contributed by atoms with van der Waals surface area (Å²) in [6, 6.07) is 10.6. The maximum Gasteiger partial charge on any atom is 0.311 e. The Bertz CT molecular complexity index is 873. The monoisotopic (exact) mass is 369 g/mol. The molecule has 140 valence electrons. The van der Waals surface area contributed by atoms with Crippen molar-refractivity contribution in [2.24, 2.45) is 0 Å². The Labute approximate surface area is 155 Å². The first-order valence-corrected chi connectivity index (χ1v) is 8.52. The molecule has 1 aliphatic heterocycles. The third-order valence-electron chi connectivity index (χ3n) is 4.42. The summed E-state index contributed by atoms with van der Waals surface area (Å²) in [5.41, 5.74) is 0.919. The van der Waals surface area contributed by atoms with Gasteiger partial charge in [0.05, 0.1) is 12.0 Å². The van der Waals surface area contributed by atoms with Crippen molar-refractivity contribution in [1.29, 1.82) is 0 Å². The molecule has 3 rings (SSSR count). The molecule has 2 amide bonds. The standard InChI is InChI=1S/C19H19N3O5/c1-27-17-9-6-14(12-16(17)22(25)26)18(23)20-15-7-4-13(5-8-15)19(24)21-10-2-3-11-21/h4-9,12H,2-3,10-11H2,1H3,(H,20,23). The number of nitrogens with one attached hydrogen (secondary N) is 1. The molecule has 0 spiro atoms. The summed E-state index contributed by atoms with van der Waals surface area (Å²) in [7, 11) is 1.33. The minimum atomic E-state index is -0.603. The zero-order valence-corrected chi connectivity index (χ0v) is 14.8. The molecular formula is C19H19N3O5. The molecule has 27 heavy (non-hydrogen) atoms. The van der Waals surface area contributed by atoms with Gasteiger partial charge in [-0.15, -0.1) is 0 Å². The molecular weight excluding hydrogens is 350 g/mol. The lowest BCUT2D eigenvalue weighted by Gasteiger charge is -2.15. The van der Waals surface area contributed by atoms with Crippen LogP contribution < -0.4 is 10.1 Å². The molecule has 2 aromatic rings. The zero-order valence-electron chi connectivity index (χ0n) is 14.8. The minimum Gasteiger partial charge on any atom is -0.490 e. The van der Waals surface area contributed by atoms with Crippen molar-refractivity contribution in [2.75, 3.05) is 25.5 Å². The fourth-order valence-corrected chi connectivity index (χ4v) is 2.98. The van der Waals surface area contributed by atoms with E-state index in [-0.39, 0.29) is 22.9 Å². The van der Waals surface area contributed by atoms with E-state index in [0.29, 0.717) is 11.3 Å². The van der Waals surface area contributed by atoms with E-state index >= 15 is 0 Å². The highest BCUT2D eigenvalue weighted by Gasteiger charge is 2.20. The second-order valence-electron chi connectivity index (χ2n) is 6.17. The third-order valence-corrected chi connectivity index (χ3v) is 4.42. The second-order valence-corrected chi connectivity index (χ2v) is 6.17. The number of likely N-dealkylation sites (tertiary alicyclic amines) is 1. The first-order chi connectivity index (χ1) is 13.0. The van der Waals surface area contributed by atoms with Crippen molar-refractivity contribution in [3.63, 3.8) is 0 Å². The van der Waals surface area contributed by atoms with E-state index in [1.54, 1.807) is 24.3 Å². The van der Waals surface area contributed by atoms with Gasteiger partial charge in [0.2, 0.25) is 0 Å². The molecule has 0 radical (unpaired) electrons. The predicted octanol–water partition coefficient (Wildman–Crippen LogP) is 3.09. The van der Waals surface area contributed by atoms with Gasteiger partial charge in [0, 0.05) is 36.0 Å². The van der Waals surface area contributed by atoms with E-state index in [2.05, 4.69) is 5.32 Å².